The van der Waals surface area contributed by atoms with Gasteiger partial charge in [-0.2, -0.15) is 0 Å². The van der Waals surface area contributed by atoms with Crippen molar-refractivity contribution in [1.29, 1.82) is 0 Å². The monoisotopic (exact) mass is 637 g/mol. The van der Waals surface area contributed by atoms with Crippen LogP contribution in [0, 0.1) is 0 Å². The molecule has 3 rings (SSSR count). The number of hydrogen-bond acceptors (Lipinski definition) is 7. The van der Waals surface area contributed by atoms with Crippen molar-refractivity contribution < 1.29 is 32.2 Å². The van der Waals surface area contributed by atoms with Crippen molar-refractivity contribution in [2.24, 2.45) is 0 Å². The minimum absolute atomic E-state index is 0.0191. The van der Waals surface area contributed by atoms with Crippen molar-refractivity contribution in [2.75, 3.05) is 38.7 Å². The summed E-state index contributed by atoms with van der Waals surface area (Å²) in [5, 5.41) is 3.45. The first-order valence-corrected chi connectivity index (χ1v) is 15.1. The number of amides is 2. The Balaban J connectivity index is 2.14. The predicted octanol–water partition coefficient (Wildman–Crippen LogP) is 4.77. The normalized spacial score (nSPS) is 11.8. The van der Waals surface area contributed by atoms with E-state index in [-0.39, 0.29) is 33.6 Å². The molecule has 1 unspecified atom stereocenters. The molecule has 13 heteroatoms. The van der Waals surface area contributed by atoms with Crippen LogP contribution >= 0.6 is 23.2 Å². The number of nitrogens with zero attached hydrogens (tertiary/aromatic N) is 2. The van der Waals surface area contributed by atoms with E-state index in [1.165, 1.54) is 62.6 Å². The van der Waals surface area contributed by atoms with E-state index in [1.807, 2.05) is 0 Å². The average molecular weight is 639 g/mol. The van der Waals surface area contributed by atoms with Crippen LogP contribution in [-0.2, 0) is 26.2 Å². The van der Waals surface area contributed by atoms with Gasteiger partial charge in [0.25, 0.3) is 10.0 Å². The second-order valence-corrected chi connectivity index (χ2v) is 11.8. The topological polar surface area (TPSA) is 114 Å². The Morgan fingerprint density at radius 2 is 1.45 bits per heavy atom. The average Bonchev–Trinajstić information content (AvgIpc) is 2.98. The summed E-state index contributed by atoms with van der Waals surface area (Å²) in [6.07, 6.45) is 0. The number of ether oxygens (including phenoxy) is 3. The van der Waals surface area contributed by atoms with Gasteiger partial charge in [0.05, 0.1) is 31.9 Å². The van der Waals surface area contributed by atoms with Gasteiger partial charge in [0.1, 0.15) is 18.3 Å². The first kappa shape index (κ1) is 32.8. The van der Waals surface area contributed by atoms with E-state index < -0.39 is 34.4 Å². The van der Waals surface area contributed by atoms with Gasteiger partial charge in [-0.05, 0) is 61.9 Å². The number of carbonyl (C=O) groups excluding carboxylic acids is 2. The van der Waals surface area contributed by atoms with Gasteiger partial charge in [-0.25, -0.2) is 8.42 Å². The van der Waals surface area contributed by atoms with Crippen molar-refractivity contribution >= 4 is 50.7 Å². The molecule has 0 fully saturated rings. The highest BCUT2D eigenvalue weighted by molar-refractivity contribution is 7.92. The van der Waals surface area contributed by atoms with Gasteiger partial charge in [0.2, 0.25) is 11.8 Å². The number of benzene rings is 3. The van der Waals surface area contributed by atoms with Gasteiger partial charge >= 0.3 is 0 Å². The van der Waals surface area contributed by atoms with Crippen LogP contribution < -0.4 is 23.8 Å². The molecule has 3 aromatic rings. The Labute approximate surface area is 256 Å². The summed E-state index contributed by atoms with van der Waals surface area (Å²) in [5.74, 6) is -0.372. The molecule has 0 aromatic heterocycles. The fourth-order valence-electron chi connectivity index (χ4n) is 4.17. The lowest BCUT2D eigenvalue weighted by molar-refractivity contribution is -0.139. The summed E-state index contributed by atoms with van der Waals surface area (Å²) in [6.45, 7) is 3.03. The Morgan fingerprint density at radius 3 is 2.05 bits per heavy atom. The highest BCUT2D eigenvalue weighted by Crippen LogP contribution is 2.37. The maximum Gasteiger partial charge on any atom is 0.265 e. The van der Waals surface area contributed by atoms with Gasteiger partial charge < -0.3 is 24.4 Å². The van der Waals surface area contributed by atoms with Crippen molar-refractivity contribution in [3.63, 3.8) is 0 Å². The molecular weight excluding hydrogens is 605 g/mol. The molecule has 0 bridgehead atoms. The summed E-state index contributed by atoms with van der Waals surface area (Å²) in [7, 11) is -0.244. The summed E-state index contributed by atoms with van der Waals surface area (Å²) >= 11 is 12.3. The number of carbonyl (C=O) groups is 2. The van der Waals surface area contributed by atoms with E-state index in [0.29, 0.717) is 22.9 Å². The van der Waals surface area contributed by atoms with Crippen molar-refractivity contribution in [2.45, 2.75) is 31.3 Å². The fourth-order valence-corrected chi connectivity index (χ4v) is 5.89. The van der Waals surface area contributed by atoms with Crippen LogP contribution in [0.25, 0.3) is 0 Å². The first-order valence-electron chi connectivity index (χ1n) is 12.9. The molecule has 0 radical (unpaired) electrons. The van der Waals surface area contributed by atoms with Crippen LogP contribution in [0.2, 0.25) is 10.0 Å². The second-order valence-electron chi connectivity index (χ2n) is 9.06. The molecular formula is C29H33Cl2N3O7S. The molecule has 2 amide bonds. The molecule has 42 heavy (non-hydrogen) atoms. The molecule has 0 aliphatic carbocycles. The van der Waals surface area contributed by atoms with Crippen molar-refractivity contribution in [1.82, 2.24) is 10.2 Å². The summed E-state index contributed by atoms with van der Waals surface area (Å²) in [5.41, 5.74) is 0.726. The third kappa shape index (κ3) is 7.58. The number of sulfonamides is 1. The Morgan fingerprint density at radius 1 is 0.857 bits per heavy atom. The predicted molar refractivity (Wildman–Crippen MR) is 162 cm³/mol. The zero-order valence-corrected chi connectivity index (χ0v) is 26.2. The number of nitrogens with one attached hydrogen (secondary N) is 1. The lowest BCUT2D eigenvalue weighted by Gasteiger charge is -2.32. The van der Waals surface area contributed by atoms with Crippen molar-refractivity contribution in [3.8, 4) is 17.2 Å². The van der Waals surface area contributed by atoms with Gasteiger partial charge in [0.15, 0.2) is 11.5 Å². The summed E-state index contributed by atoms with van der Waals surface area (Å²) < 4.78 is 45.3. The number of methoxy groups -OCH3 is 3. The number of halogens is 2. The quantitative estimate of drug-likeness (QED) is 0.287. The van der Waals surface area contributed by atoms with Crippen molar-refractivity contribution in [3.05, 3.63) is 76.3 Å². The number of anilines is 1. The van der Waals surface area contributed by atoms with Gasteiger partial charge in [-0.1, -0.05) is 35.3 Å². The fraction of sp³-hybridized carbons (Fsp3) is 0.310. The van der Waals surface area contributed by atoms with E-state index in [1.54, 1.807) is 38.1 Å². The third-order valence-electron chi connectivity index (χ3n) is 6.42. The summed E-state index contributed by atoms with van der Waals surface area (Å²) in [6, 6.07) is 14.4. The standard InChI is InChI=1S/C29H33Cl2N3O7S/c1-6-32-29(36)19(2)33(17-20-7-9-21(30)10-8-20)28(35)18-34(24-15-22(31)11-13-25(24)39-3)42(37,38)23-12-14-26(40-4)27(16-23)41-5/h7-16,19H,6,17-18H2,1-5H3,(H,32,36). The van der Waals surface area contributed by atoms with E-state index in [9.17, 15) is 18.0 Å². The van der Waals surface area contributed by atoms with E-state index in [2.05, 4.69) is 5.32 Å². The van der Waals surface area contributed by atoms with Crippen LogP contribution in [0.4, 0.5) is 5.69 Å². The van der Waals surface area contributed by atoms with E-state index in [0.717, 1.165) is 4.31 Å². The van der Waals surface area contributed by atoms with Crippen LogP contribution in [0.1, 0.15) is 19.4 Å². The Hall–Kier alpha value is -3.67. The largest absolute Gasteiger partial charge is 0.495 e. The minimum atomic E-state index is -4.43. The van der Waals surface area contributed by atoms with Crippen LogP contribution in [0.15, 0.2) is 65.6 Å². The highest BCUT2D eigenvalue weighted by Gasteiger charge is 2.34. The van der Waals surface area contributed by atoms with Crippen LogP contribution in [-0.4, -0.2) is 65.6 Å². The number of likely N-dealkylation sites (N-methyl/N-ethyl adjacent to an activating group) is 1. The van der Waals surface area contributed by atoms with E-state index in [4.69, 9.17) is 37.4 Å². The zero-order valence-electron chi connectivity index (χ0n) is 23.9. The Kier molecular flexibility index (Phi) is 11.3. The minimum Gasteiger partial charge on any atom is -0.495 e. The molecule has 0 saturated carbocycles. The Bertz CT molecular complexity index is 1520. The second kappa shape index (κ2) is 14.5. The molecule has 1 N–H and O–H groups in total. The molecule has 226 valence electrons. The van der Waals surface area contributed by atoms with Gasteiger partial charge in [-0.3, -0.25) is 13.9 Å². The van der Waals surface area contributed by atoms with Gasteiger partial charge in [-0.15, -0.1) is 0 Å². The lowest BCUT2D eigenvalue weighted by atomic mass is 10.1. The smallest absolute Gasteiger partial charge is 0.265 e. The SMILES string of the molecule is CCNC(=O)C(C)N(Cc1ccc(Cl)cc1)C(=O)CN(c1cc(Cl)ccc1OC)S(=O)(=O)c1ccc(OC)c(OC)c1. The van der Waals surface area contributed by atoms with E-state index >= 15 is 0 Å². The van der Waals surface area contributed by atoms with Crippen LogP contribution in [0.3, 0.4) is 0 Å². The highest BCUT2D eigenvalue weighted by atomic mass is 35.5. The summed E-state index contributed by atoms with van der Waals surface area (Å²) in [4.78, 5) is 28.0. The molecule has 10 nitrogen and oxygen atoms in total. The van der Waals surface area contributed by atoms with Crippen LogP contribution in [0.5, 0.6) is 17.2 Å². The maximum absolute atomic E-state index is 14.2. The number of hydrogen-bond donors (Lipinski definition) is 1. The first-order chi connectivity index (χ1) is 20.0. The van der Waals surface area contributed by atoms with Gasteiger partial charge in [0, 0.05) is 29.2 Å². The molecule has 0 saturated heterocycles. The molecule has 0 heterocycles. The molecule has 3 aromatic carbocycles. The number of rotatable bonds is 13. The molecule has 0 aliphatic rings. The maximum atomic E-state index is 14.2. The zero-order chi connectivity index (χ0) is 31.0. The molecule has 0 aliphatic heterocycles. The lowest BCUT2D eigenvalue weighted by Crippen LogP contribution is -2.51. The molecule has 0 spiro atoms. The molecule has 1 atom stereocenters. The third-order valence-corrected chi connectivity index (χ3v) is 8.66.